The van der Waals surface area contributed by atoms with Gasteiger partial charge < -0.3 is 15.0 Å². The summed E-state index contributed by atoms with van der Waals surface area (Å²) in [7, 11) is 0. The Hall–Kier alpha value is -4.21. The Balaban J connectivity index is 1.49. The van der Waals surface area contributed by atoms with Crippen LogP contribution in [0, 0.1) is 10.1 Å². The third-order valence-corrected chi connectivity index (χ3v) is 5.90. The fraction of sp³-hybridized carbons (Fsp3) is 0.320. The number of piperidine rings is 1. The van der Waals surface area contributed by atoms with Gasteiger partial charge in [0, 0.05) is 48.6 Å². The van der Waals surface area contributed by atoms with E-state index in [9.17, 15) is 19.7 Å². The summed E-state index contributed by atoms with van der Waals surface area (Å²) in [6, 6.07) is 15.6. The van der Waals surface area contributed by atoms with Crippen LogP contribution in [0.1, 0.15) is 25.3 Å². The van der Waals surface area contributed by atoms with E-state index in [1.807, 2.05) is 36.5 Å². The summed E-state index contributed by atoms with van der Waals surface area (Å²) >= 11 is 0. The molecule has 1 saturated heterocycles. The van der Waals surface area contributed by atoms with Crippen molar-refractivity contribution in [1.82, 2.24) is 20.0 Å². The van der Waals surface area contributed by atoms with Gasteiger partial charge in [-0.1, -0.05) is 18.2 Å². The van der Waals surface area contributed by atoms with E-state index in [4.69, 9.17) is 4.74 Å². The van der Waals surface area contributed by atoms with Crippen molar-refractivity contribution >= 4 is 17.7 Å². The first-order chi connectivity index (χ1) is 16.9. The highest BCUT2D eigenvalue weighted by Crippen LogP contribution is 2.26. The molecule has 2 aromatic carbocycles. The van der Waals surface area contributed by atoms with Crippen LogP contribution in [-0.2, 0) is 16.0 Å². The van der Waals surface area contributed by atoms with Gasteiger partial charge in [-0.25, -0.2) is 9.48 Å². The Labute approximate surface area is 202 Å². The first-order valence-corrected chi connectivity index (χ1v) is 11.5. The lowest BCUT2D eigenvalue weighted by molar-refractivity contribution is -0.384. The van der Waals surface area contributed by atoms with Gasteiger partial charge in [0.25, 0.3) is 5.69 Å². The highest BCUT2D eigenvalue weighted by Gasteiger charge is 2.25. The molecule has 182 valence electrons. The fourth-order valence-electron chi connectivity index (χ4n) is 4.11. The molecule has 1 aliphatic rings. The van der Waals surface area contributed by atoms with Crippen molar-refractivity contribution in [3.63, 3.8) is 0 Å². The van der Waals surface area contributed by atoms with Crippen LogP contribution < -0.4 is 5.32 Å². The van der Waals surface area contributed by atoms with E-state index in [0.29, 0.717) is 49.4 Å². The van der Waals surface area contributed by atoms with Gasteiger partial charge in [-0.3, -0.25) is 14.9 Å². The van der Waals surface area contributed by atoms with Gasteiger partial charge in [0.2, 0.25) is 5.91 Å². The maximum atomic E-state index is 12.9. The summed E-state index contributed by atoms with van der Waals surface area (Å²) in [6.07, 6.45) is 2.91. The molecule has 0 radical (unpaired) electrons. The summed E-state index contributed by atoms with van der Waals surface area (Å²) in [6.45, 7) is 3.17. The predicted octanol–water partition coefficient (Wildman–Crippen LogP) is 3.73. The third kappa shape index (κ3) is 5.84. The van der Waals surface area contributed by atoms with Crippen molar-refractivity contribution < 1.29 is 19.2 Å². The number of hydrogen-bond donors (Lipinski definition) is 1. The second-order valence-electron chi connectivity index (χ2n) is 8.29. The molecule has 0 atom stereocenters. The minimum absolute atomic E-state index is 0.00954. The normalized spacial score (nSPS) is 13.9. The van der Waals surface area contributed by atoms with E-state index in [-0.39, 0.29) is 30.2 Å². The molecule has 1 aromatic heterocycles. The number of para-hydroxylation sites is 1. The molecule has 0 aliphatic carbocycles. The van der Waals surface area contributed by atoms with E-state index in [1.165, 1.54) is 12.1 Å². The molecule has 10 heteroatoms. The summed E-state index contributed by atoms with van der Waals surface area (Å²) in [4.78, 5) is 37.1. The molecule has 0 spiro atoms. The van der Waals surface area contributed by atoms with Gasteiger partial charge in [-0.2, -0.15) is 5.10 Å². The Kier molecular flexibility index (Phi) is 7.39. The molecule has 1 fully saturated rings. The number of carbonyl (C=O) groups excluding carboxylic acids is 2. The van der Waals surface area contributed by atoms with Crippen molar-refractivity contribution in [2.24, 2.45) is 0 Å². The predicted molar refractivity (Wildman–Crippen MR) is 129 cm³/mol. The number of non-ortho nitro benzene ring substituents is 1. The first-order valence-electron chi connectivity index (χ1n) is 11.5. The number of carbonyl (C=O) groups is 2. The molecule has 4 rings (SSSR count). The van der Waals surface area contributed by atoms with Gasteiger partial charge in [-0.05, 0) is 44.0 Å². The van der Waals surface area contributed by atoms with Crippen LogP contribution in [0.25, 0.3) is 16.9 Å². The largest absolute Gasteiger partial charge is 0.450 e. The molecular weight excluding hydrogens is 450 g/mol. The smallest absolute Gasteiger partial charge is 0.409 e. The zero-order valence-electron chi connectivity index (χ0n) is 19.4. The number of nitrogens with zero attached hydrogens (tertiary/aromatic N) is 4. The third-order valence-electron chi connectivity index (χ3n) is 5.90. The molecule has 0 bridgehead atoms. The lowest BCUT2D eigenvalue weighted by Crippen LogP contribution is -2.47. The van der Waals surface area contributed by atoms with Gasteiger partial charge >= 0.3 is 6.09 Å². The molecular formula is C25H27N5O5. The van der Waals surface area contributed by atoms with Crippen LogP contribution in [0.2, 0.25) is 0 Å². The molecule has 2 amide bonds. The Morgan fingerprint density at radius 1 is 1.11 bits per heavy atom. The van der Waals surface area contributed by atoms with E-state index in [2.05, 4.69) is 10.4 Å². The standard InChI is InChI=1S/C25H27N5O5/c1-2-35-25(32)28-14-12-20(13-15-28)26-23(31)16-19-17-29(21-6-4-3-5-7-21)27-24(19)18-8-10-22(11-9-18)30(33)34/h3-11,17,20H,2,12-16H2,1H3,(H,26,31). The van der Waals surface area contributed by atoms with Crippen LogP contribution in [0.15, 0.2) is 60.8 Å². The minimum Gasteiger partial charge on any atom is -0.450 e. The minimum atomic E-state index is -0.450. The number of amides is 2. The topological polar surface area (TPSA) is 120 Å². The Morgan fingerprint density at radius 2 is 1.80 bits per heavy atom. The van der Waals surface area contributed by atoms with Crippen molar-refractivity contribution in [2.75, 3.05) is 19.7 Å². The van der Waals surface area contributed by atoms with E-state index < -0.39 is 4.92 Å². The number of nitro benzene ring substituents is 1. The van der Waals surface area contributed by atoms with Crippen LogP contribution >= 0.6 is 0 Å². The number of benzene rings is 2. The summed E-state index contributed by atoms with van der Waals surface area (Å²) < 4.78 is 6.75. The Morgan fingerprint density at radius 3 is 2.43 bits per heavy atom. The molecule has 1 aliphatic heterocycles. The number of ether oxygens (including phenoxy) is 1. The average molecular weight is 478 g/mol. The zero-order valence-corrected chi connectivity index (χ0v) is 19.4. The van der Waals surface area contributed by atoms with E-state index >= 15 is 0 Å². The first kappa shape index (κ1) is 23.9. The monoisotopic (exact) mass is 477 g/mol. The maximum absolute atomic E-state index is 12.9. The van der Waals surface area contributed by atoms with Gasteiger partial charge in [0.05, 0.1) is 29.3 Å². The SMILES string of the molecule is CCOC(=O)N1CCC(NC(=O)Cc2cn(-c3ccccc3)nc2-c2ccc([N+](=O)[O-])cc2)CC1. The zero-order chi connectivity index (χ0) is 24.8. The van der Waals surface area contributed by atoms with Crippen LogP contribution in [0.3, 0.4) is 0 Å². The van der Waals surface area contributed by atoms with E-state index in [1.54, 1.807) is 28.6 Å². The van der Waals surface area contributed by atoms with Crippen LogP contribution in [0.4, 0.5) is 10.5 Å². The summed E-state index contributed by atoms with van der Waals surface area (Å²) in [5.41, 5.74) is 2.83. The van der Waals surface area contributed by atoms with E-state index in [0.717, 1.165) is 5.69 Å². The number of aromatic nitrogens is 2. The Bertz CT molecular complexity index is 1180. The quantitative estimate of drug-likeness (QED) is 0.409. The van der Waals surface area contributed by atoms with Crippen LogP contribution in [0.5, 0.6) is 0 Å². The van der Waals surface area contributed by atoms with Crippen molar-refractivity contribution in [3.8, 4) is 16.9 Å². The number of nitro groups is 1. The lowest BCUT2D eigenvalue weighted by Gasteiger charge is -2.31. The number of likely N-dealkylation sites (tertiary alicyclic amines) is 1. The molecule has 1 N–H and O–H groups in total. The maximum Gasteiger partial charge on any atom is 0.409 e. The summed E-state index contributed by atoms with van der Waals surface area (Å²) in [5, 5.41) is 18.8. The molecule has 10 nitrogen and oxygen atoms in total. The molecule has 3 aromatic rings. The van der Waals surface area contributed by atoms with Crippen molar-refractivity contribution in [1.29, 1.82) is 0 Å². The average Bonchev–Trinajstić information content (AvgIpc) is 3.28. The number of hydrogen-bond acceptors (Lipinski definition) is 6. The van der Waals surface area contributed by atoms with Gasteiger partial charge in [0.15, 0.2) is 0 Å². The molecule has 0 saturated carbocycles. The molecule has 35 heavy (non-hydrogen) atoms. The van der Waals surface area contributed by atoms with Crippen molar-refractivity contribution in [2.45, 2.75) is 32.2 Å². The molecule has 0 unspecified atom stereocenters. The van der Waals surface area contributed by atoms with Crippen molar-refractivity contribution in [3.05, 3.63) is 76.5 Å². The fourth-order valence-corrected chi connectivity index (χ4v) is 4.11. The van der Waals surface area contributed by atoms with Gasteiger partial charge in [-0.15, -0.1) is 0 Å². The highest BCUT2D eigenvalue weighted by atomic mass is 16.6. The summed E-state index contributed by atoms with van der Waals surface area (Å²) in [5.74, 6) is -0.143. The lowest BCUT2D eigenvalue weighted by atomic mass is 10.0. The second kappa shape index (κ2) is 10.8. The highest BCUT2D eigenvalue weighted by molar-refractivity contribution is 5.81. The molecule has 2 heterocycles. The number of rotatable bonds is 7. The van der Waals surface area contributed by atoms with Crippen LogP contribution in [-0.4, -0.2) is 57.3 Å². The second-order valence-corrected chi connectivity index (χ2v) is 8.29. The van der Waals surface area contributed by atoms with Gasteiger partial charge in [0.1, 0.15) is 0 Å². The number of nitrogens with one attached hydrogen (secondary N) is 1.